The molecule has 0 fully saturated rings. The van der Waals surface area contributed by atoms with Gasteiger partial charge < -0.3 is 5.32 Å². The predicted octanol–water partition coefficient (Wildman–Crippen LogP) is 2.61. The molecule has 2 heterocycles. The zero-order valence-electron chi connectivity index (χ0n) is 15.6. The maximum atomic E-state index is 13.4. The molecule has 2 aromatic carbocycles. The quantitative estimate of drug-likeness (QED) is 0.565. The van der Waals surface area contributed by atoms with Gasteiger partial charge in [-0.3, -0.25) is 14.2 Å². The number of para-hydroxylation sites is 1. The van der Waals surface area contributed by atoms with Crippen LogP contribution in [0.15, 0.2) is 70.4 Å². The smallest absolute Gasteiger partial charge is 0.322 e. The van der Waals surface area contributed by atoms with Crippen molar-refractivity contribution in [2.75, 3.05) is 5.32 Å². The number of halogens is 2. The molecular formula is C21H14F2N4O3. The fourth-order valence-corrected chi connectivity index (χ4v) is 3.01. The van der Waals surface area contributed by atoms with Gasteiger partial charge in [-0.1, -0.05) is 18.2 Å². The molecule has 0 aliphatic carbocycles. The molecule has 0 aliphatic heterocycles. The third kappa shape index (κ3) is 3.26. The Balaban J connectivity index is 1.83. The van der Waals surface area contributed by atoms with Crippen molar-refractivity contribution < 1.29 is 13.6 Å². The molecule has 1 amide bonds. The number of nitrogens with zero attached hydrogens (tertiary/aromatic N) is 3. The molecular weight excluding hydrogens is 394 g/mol. The van der Waals surface area contributed by atoms with Crippen molar-refractivity contribution in [1.29, 1.82) is 0 Å². The lowest BCUT2D eigenvalue weighted by Crippen LogP contribution is -2.38. The number of anilines is 1. The van der Waals surface area contributed by atoms with E-state index in [1.807, 2.05) is 0 Å². The van der Waals surface area contributed by atoms with Gasteiger partial charge in [0.15, 0.2) is 17.3 Å². The summed E-state index contributed by atoms with van der Waals surface area (Å²) < 4.78 is 28.6. The molecule has 0 atom stereocenters. The molecule has 4 aromatic rings. The fourth-order valence-electron chi connectivity index (χ4n) is 3.01. The van der Waals surface area contributed by atoms with Crippen molar-refractivity contribution >= 4 is 22.6 Å². The van der Waals surface area contributed by atoms with Gasteiger partial charge in [-0.2, -0.15) is 0 Å². The van der Waals surface area contributed by atoms with Crippen molar-refractivity contribution in [3.8, 4) is 5.69 Å². The third-order valence-electron chi connectivity index (χ3n) is 4.55. The number of carbonyl (C=O) groups excluding carboxylic acids is 1. The number of amides is 1. The van der Waals surface area contributed by atoms with Crippen LogP contribution in [0.5, 0.6) is 0 Å². The van der Waals surface area contributed by atoms with Crippen LogP contribution >= 0.6 is 0 Å². The molecule has 7 nitrogen and oxygen atoms in total. The van der Waals surface area contributed by atoms with Crippen molar-refractivity contribution in [2.24, 2.45) is 7.05 Å². The average Bonchev–Trinajstić information content (AvgIpc) is 2.75. The van der Waals surface area contributed by atoms with Crippen LogP contribution in [0.25, 0.3) is 16.7 Å². The summed E-state index contributed by atoms with van der Waals surface area (Å²) in [5, 5.41) is 2.47. The Morgan fingerprint density at radius 1 is 1.00 bits per heavy atom. The van der Waals surface area contributed by atoms with Crippen LogP contribution in [0.3, 0.4) is 0 Å². The summed E-state index contributed by atoms with van der Waals surface area (Å²) in [6.45, 7) is 0. The summed E-state index contributed by atoms with van der Waals surface area (Å²) >= 11 is 0. The van der Waals surface area contributed by atoms with Gasteiger partial charge in [0.1, 0.15) is 0 Å². The highest BCUT2D eigenvalue weighted by Crippen LogP contribution is 2.16. The first-order chi connectivity index (χ1) is 14.4. The maximum absolute atomic E-state index is 13.4. The maximum Gasteiger partial charge on any atom is 0.337 e. The molecule has 0 aliphatic rings. The van der Waals surface area contributed by atoms with Crippen LogP contribution in [0.1, 0.15) is 10.4 Å². The number of rotatable bonds is 3. The van der Waals surface area contributed by atoms with E-state index in [0.717, 1.165) is 16.7 Å². The molecule has 0 saturated carbocycles. The van der Waals surface area contributed by atoms with E-state index in [9.17, 15) is 23.2 Å². The Bertz CT molecular complexity index is 1410. The van der Waals surface area contributed by atoms with Gasteiger partial charge in [-0.05, 0) is 30.3 Å². The Morgan fingerprint density at radius 2 is 1.73 bits per heavy atom. The molecule has 0 spiro atoms. The minimum absolute atomic E-state index is 0.0163. The summed E-state index contributed by atoms with van der Waals surface area (Å²) in [6.07, 6.45) is 1.20. The largest absolute Gasteiger partial charge is 0.337 e. The van der Waals surface area contributed by atoms with Gasteiger partial charge in [0.05, 0.1) is 16.6 Å². The van der Waals surface area contributed by atoms with E-state index in [4.69, 9.17) is 0 Å². The highest BCUT2D eigenvalue weighted by atomic mass is 19.2. The molecule has 0 radical (unpaired) electrons. The van der Waals surface area contributed by atoms with Crippen LogP contribution in [0, 0.1) is 11.6 Å². The lowest BCUT2D eigenvalue weighted by molar-refractivity contribution is 0.102. The standard InChI is InChI=1S/C21H14F2N4O3/c1-26-20(29)15-9-12(19(28)25-13-7-8-16(22)17(23)10-13)11-24-18(15)27(21(26)30)14-5-3-2-4-6-14/h2-11H,1H3,(H,25,28). The minimum Gasteiger partial charge on any atom is -0.322 e. The molecule has 4 rings (SSSR count). The van der Waals surface area contributed by atoms with Crippen LogP contribution < -0.4 is 16.6 Å². The van der Waals surface area contributed by atoms with Gasteiger partial charge in [0, 0.05) is 25.0 Å². The molecule has 150 valence electrons. The summed E-state index contributed by atoms with van der Waals surface area (Å²) in [5.41, 5.74) is -0.528. The predicted molar refractivity (Wildman–Crippen MR) is 107 cm³/mol. The lowest BCUT2D eigenvalue weighted by atomic mass is 10.2. The zero-order chi connectivity index (χ0) is 21.4. The second kappa shape index (κ2) is 7.36. The van der Waals surface area contributed by atoms with Crippen LogP contribution in [-0.2, 0) is 7.05 Å². The van der Waals surface area contributed by atoms with E-state index in [1.54, 1.807) is 30.3 Å². The van der Waals surface area contributed by atoms with E-state index in [-0.39, 0.29) is 22.3 Å². The topological polar surface area (TPSA) is 86.0 Å². The third-order valence-corrected chi connectivity index (χ3v) is 4.55. The first kappa shape index (κ1) is 19.2. The molecule has 1 N–H and O–H groups in total. The van der Waals surface area contributed by atoms with E-state index in [0.29, 0.717) is 5.69 Å². The number of nitrogens with one attached hydrogen (secondary N) is 1. The Labute approximate surface area is 167 Å². The van der Waals surface area contributed by atoms with Gasteiger partial charge in [0.25, 0.3) is 11.5 Å². The first-order valence-electron chi connectivity index (χ1n) is 8.80. The molecule has 2 aromatic heterocycles. The summed E-state index contributed by atoms with van der Waals surface area (Å²) in [6, 6.07) is 12.9. The van der Waals surface area contributed by atoms with E-state index >= 15 is 0 Å². The molecule has 0 bridgehead atoms. The van der Waals surface area contributed by atoms with E-state index in [1.165, 1.54) is 29.9 Å². The summed E-state index contributed by atoms with van der Waals surface area (Å²) in [4.78, 5) is 42.0. The number of hydrogen-bond donors (Lipinski definition) is 1. The van der Waals surface area contributed by atoms with Crippen molar-refractivity contribution in [3.05, 3.63) is 98.8 Å². The number of benzene rings is 2. The number of fused-ring (bicyclic) bond motifs is 1. The lowest BCUT2D eigenvalue weighted by Gasteiger charge is -2.12. The Kier molecular flexibility index (Phi) is 4.71. The molecule has 0 unspecified atom stereocenters. The highest BCUT2D eigenvalue weighted by molar-refractivity contribution is 6.05. The van der Waals surface area contributed by atoms with Crippen molar-refractivity contribution in [1.82, 2.24) is 14.1 Å². The number of aromatic nitrogens is 3. The van der Waals surface area contributed by atoms with Crippen molar-refractivity contribution in [2.45, 2.75) is 0 Å². The fraction of sp³-hybridized carbons (Fsp3) is 0.0476. The first-order valence-corrected chi connectivity index (χ1v) is 8.80. The normalized spacial score (nSPS) is 10.9. The van der Waals surface area contributed by atoms with Gasteiger partial charge in [0.2, 0.25) is 0 Å². The number of carbonyl (C=O) groups is 1. The summed E-state index contributed by atoms with van der Waals surface area (Å²) in [7, 11) is 1.33. The number of pyridine rings is 1. The zero-order valence-corrected chi connectivity index (χ0v) is 15.6. The second-order valence-electron chi connectivity index (χ2n) is 6.50. The van der Waals surface area contributed by atoms with E-state index < -0.39 is 28.8 Å². The summed E-state index contributed by atoms with van der Waals surface area (Å²) in [5.74, 6) is -2.82. The molecule has 30 heavy (non-hydrogen) atoms. The molecule has 0 saturated heterocycles. The van der Waals surface area contributed by atoms with Crippen molar-refractivity contribution in [3.63, 3.8) is 0 Å². The minimum atomic E-state index is -1.11. The van der Waals surface area contributed by atoms with Crippen LogP contribution in [0.4, 0.5) is 14.5 Å². The number of hydrogen-bond acceptors (Lipinski definition) is 4. The van der Waals surface area contributed by atoms with E-state index in [2.05, 4.69) is 10.3 Å². The van der Waals surface area contributed by atoms with Gasteiger partial charge in [-0.15, -0.1) is 0 Å². The molecule has 9 heteroatoms. The Hall–Kier alpha value is -4.14. The van der Waals surface area contributed by atoms with Gasteiger partial charge >= 0.3 is 5.69 Å². The average molecular weight is 408 g/mol. The van der Waals surface area contributed by atoms with Gasteiger partial charge in [-0.25, -0.2) is 23.1 Å². The monoisotopic (exact) mass is 408 g/mol. The second-order valence-corrected chi connectivity index (χ2v) is 6.50. The van der Waals surface area contributed by atoms with Crippen LogP contribution in [-0.4, -0.2) is 20.0 Å². The Morgan fingerprint density at radius 3 is 2.43 bits per heavy atom. The highest BCUT2D eigenvalue weighted by Gasteiger charge is 2.16. The SMILES string of the molecule is Cn1c(=O)c2cc(C(=O)Nc3ccc(F)c(F)c3)cnc2n(-c2ccccc2)c1=O. The van der Waals surface area contributed by atoms with Crippen LogP contribution in [0.2, 0.25) is 0 Å².